The molecule has 0 radical (unpaired) electrons. The highest BCUT2D eigenvalue weighted by atomic mass is 32.2. The lowest BCUT2D eigenvalue weighted by molar-refractivity contribution is 0.0964. The van der Waals surface area contributed by atoms with Crippen molar-refractivity contribution < 1.29 is 30.4 Å². The quantitative estimate of drug-likeness (QED) is 0.204. The first kappa shape index (κ1) is 30.2. The number of anilines is 1. The number of carbonyl (C=O) groups is 1. The molecular weight excluding hydrogens is 571 g/mol. The smallest absolute Gasteiger partial charge is 0.255 e. The Kier molecular flexibility index (Phi) is 9.10. The fourth-order valence-electron chi connectivity index (χ4n) is 4.34. The Hall–Kier alpha value is -3.81. The van der Waals surface area contributed by atoms with Gasteiger partial charge in [0.25, 0.3) is 5.91 Å². The van der Waals surface area contributed by atoms with Gasteiger partial charge >= 0.3 is 0 Å². The number of sulfonamides is 2. The number of aromatic nitrogens is 1. The van der Waals surface area contributed by atoms with Crippen molar-refractivity contribution in [1.29, 1.82) is 0 Å². The van der Waals surface area contributed by atoms with Crippen LogP contribution in [0.4, 0.5) is 10.2 Å². The third-order valence-electron chi connectivity index (χ3n) is 6.47. The number of benzene rings is 2. The first-order valence-corrected chi connectivity index (χ1v) is 16.1. The van der Waals surface area contributed by atoms with Crippen LogP contribution in [0.15, 0.2) is 63.9 Å². The highest BCUT2D eigenvalue weighted by molar-refractivity contribution is 7.92. The van der Waals surface area contributed by atoms with Crippen LogP contribution in [0.5, 0.6) is 0 Å². The van der Waals surface area contributed by atoms with E-state index in [2.05, 4.69) is 19.7 Å². The number of rotatable bonds is 12. The average molecular weight is 603 g/mol. The molecule has 0 aliphatic rings. The van der Waals surface area contributed by atoms with E-state index < -0.39 is 31.8 Å². The second-order valence-electron chi connectivity index (χ2n) is 9.39. The number of amides is 1. The third-order valence-corrected chi connectivity index (χ3v) is 9.42. The Balaban J connectivity index is 1.50. The number of hydrogen-bond donors (Lipinski definition) is 3. The number of nitrogens with one attached hydrogen (secondary N) is 3. The van der Waals surface area contributed by atoms with Gasteiger partial charge in [-0.1, -0.05) is 25.1 Å². The Morgan fingerprint density at radius 2 is 1.73 bits per heavy atom. The zero-order chi connectivity index (χ0) is 29.8. The van der Waals surface area contributed by atoms with E-state index in [9.17, 15) is 26.0 Å². The van der Waals surface area contributed by atoms with Gasteiger partial charge in [0.2, 0.25) is 25.8 Å². The summed E-state index contributed by atoms with van der Waals surface area (Å²) in [7, 11) is -6.07. The number of pyridine rings is 1. The van der Waals surface area contributed by atoms with Gasteiger partial charge in [-0.05, 0) is 73.7 Å². The standard InChI is InChI=1S/C28H31FN4O6S2/c1-4-19-17-22-24(27(34)30-3)25(20-11-13-21(29)14-12-20)39-28(22)32-26(19)33-40(35,36)16-8-7-15-31-41(37,38)23-10-6-5-9-18(23)2/h5-6,9-14,17,31H,4,7-8,15-16H2,1-3H3,(H,30,34)(H,32,33). The molecule has 0 saturated carbocycles. The van der Waals surface area contributed by atoms with Crippen molar-refractivity contribution in [3.8, 4) is 11.3 Å². The summed E-state index contributed by atoms with van der Waals surface area (Å²) in [5.74, 6) is -0.883. The molecule has 41 heavy (non-hydrogen) atoms. The lowest BCUT2D eigenvalue weighted by atomic mass is 10.0. The minimum Gasteiger partial charge on any atom is -0.437 e. The fraction of sp³-hybridized carbons (Fsp3) is 0.286. The van der Waals surface area contributed by atoms with Gasteiger partial charge in [0, 0.05) is 19.2 Å². The van der Waals surface area contributed by atoms with Crippen molar-refractivity contribution in [1.82, 2.24) is 15.0 Å². The van der Waals surface area contributed by atoms with Crippen LogP contribution in [0, 0.1) is 12.7 Å². The largest absolute Gasteiger partial charge is 0.437 e. The maximum absolute atomic E-state index is 13.5. The van der Waals surface area contributed by atoms with E-state index in [4.69, 9.17) is 4.42 Å². The number of aryl methyl sites for hydroxylation is 2. The van der Waals surface area contributed by atoms with Crippen LogP contribution < -0.4 is 14.8 Å². The number of fused-ring (bicyclic) bond motifs is 1. The molecule has 1 amide bonds. The third kappa shape index (κ3) is 6.92. The van der Waals surface area contributed by atoms with Crippen LogP contribution in [0.25, 0.3) is 22.4 Å². The number of halogens is 1. The molecule has 0 aliphatic heterocycles. The van der Waals surface area contributed by atoms with E-state index in [1.165, 1.54) is 37.4 Å². The van der Waals surface area contributed by atoms with Crippen LogP contribution >= 0.6 is 0 Å². The normalized spacial score (nSPS) is 12.0. The van der Waals surface area contributed by atoms with Crippen molar-refractivity contribution in [2.45, 2.75) is 38.0 Å². The average Bonchev–Trinajstić information content (AvgIpc) is 3.30. The lowest BCUT2D eigenvalue weighted by Gasteiger charge is -2.12. The molecule has 0 bridgehead atoms. The summed E-state index contributed by atoms with van der Waals surface area (Å²) in [6.07, 6.45) is 0.908. The van der Waals surface area contributed by atoms with Crippen molar-refractivity contribution in [3.05, 3.63) is 77.1 Å². The molecule has 0 fully saturated rings. The van der Waals surface area contributed by atoms with Crippen molar-refractivity contribution in [2.24, 2.45) is 0 Å². The zero-order valence-corrected chi connectivity index (χ0v) is 24.5. The number of hydrogen-bond acceptors (Lipinski definition) is 7. The van der Waals surface area contributed by atoms with Gasteiger partial charge in [-0.15, -0.1) is 0 Å². The predicted molar refractivity (Wildman–Crippen MR) is 155 cm³/mol. The Bertz CT molecular complexity index is 1790. The van der Waals surface area contributed by atoms with Gasteiger partial charge in [-0.2, -0.15) is 4.98 Å². The predicted octanol–water partition coefficient (Wildman–Crippen LogP) is 4.36. The SMILES string of the molecule is CCc1cc2c(C(=O)NC)c(-c3ccc(F)cc3)oc2nc1NS(=O)(=O)CCCCNS(=O)(=O)c1ccccc1C. The van der Waals surface area contributed by atoms with Gasteiger partial charge in [0.1, 0.15) is 17.4 Å². The molecule has 0 unspecified atom stereocenters. The molecule has 4 aromatic rings. The number of furan rings is 1. The minimum atomic E-state index is -3.84. The van der Waals surface area contributed by atoms with Gasteiger partial charge in [-0.25, -0.2) is 25.9 Å². The molecule has 13 heteroatoms. The Morgan fingerprint density at radius 3 is 2.39 bits per heavy atom. The van der Waals surface area contributed by atoms with E-state index in [1.54, 1.807) is 31.2 Å². The van der Waals surface area contributed by atoms with Crippen LogP contribution in [-0.4, -0.2) is 47.1 Å². The summed E-state index contributed by atoms with van der Waals surface area (Å²) in [5.41, 5.74) is 1.87. The highest BCUT2D eigenvalue weighted by Crippen LogP contribution is 2.35. The summed E-state index contributed by atoms with van der Waals surface area (Å²) in [6.45, 7) is 3.60. The maximum atomic E-state index is 13.5. The molecule has 0 atom stereocenters. The molecule has 218 valence electrons. The van der Waals surface area contributed by atoms with Gasteiger partial charge in [-0.3, -0.25) is 9.52 Å². The second kappa shape index (κ2) is 12.4. The van der Waals surface area contributed by atoms with Gasteiger partial charge in [0.05, 0.1) is 21.6 Å². The number of nitrogens with zero attached hydrogens (tertiary/aromatic N) is 1. The second-order valence-corrected chi connectivity index (χ2v) is 13.0. The minimum absolute atomic E-state index is 0.0448. The number of unbranched alkanes of at least 4 members (excludes halogenated alkanes) is 1. The summed E-state index contributed by atoms with van der Waals surface area (Å²) >= 11 is 0. The first-order chi connectivity index (χ1) is 19.5. The van der Waals surface area contributed by atoms with E-state index in [0.717, 1.165) is 0 Å². The van der Waals surface area contributed by atoms with Gasteiger partial charge < -0.3 is 9.73 Å². The van der Waals surface area contributed by atoms with Crippen LogP contribution in [0.1, 0.15) is 41.3 Å². The highest BCUT2D eigenvalue weighted by Gasteiger charge is 2.25. The van der Waals surface area contributed by atoms with E-state index in [0.29, 0.717) is 34.9 Å². The molecule has 2 heterocycles. The van der Waals surface area contributed by atoms with Gasteiger partial charge in [0.15, 0.2) is 0 Å². The molecule has 3 N–H and O–H groups in total. The summed E-state index contributed by atoms with van der Waals surface area (Å²) in [4.78, 5) is 17.3. The Labute approximate surface area is 238 Å². The van der Waals surface area contributed by atoms with Crippen LogP contribution in [-0.2, 0) is 26.5 Å². The number of carbonyl (C=O) groups excluding carboxylic acids is 1. The molecule has 0 aliphatic carbocycles. The van der Waals surface area contributed by atoms with E-state index >= 15 is 0 Å². The fourth-order valence-corrected chi connectivity index (χ4v) is 6.81. The first-order valence-electron chi connectivity index (χ1n) is 13.0. The molecule has 4 rings (SSSR count). The van der Waals surface area contributed by atoms with E-state index in [1.807, 2.05) is 6.92 Å². The van der Waals surface area contributed by atoms with Crippen LogP contribution in [0.3, 0.4) is 0 Å². The molecule has 0 saturated heterocycles. The van der Waals surface area contributed by atoms with Crippen molar-refractivity contribution in [2.75, 3.05) is 24.1 Å². The summed E-state index contributed by atoms with van der Waals surface area (Å²) in [5, 5.41) is 2.96. The molecule has 10 nitrogen and oxygen atoms in total. The molecular formula is C28H31FN4O6S2. The Morgan fingerprint density at radius 1 is 1.02 bits per heavy atom. The maximum Gasteiger partial charge on any atom is 0.255 e. The van der Waals surface area contributed by atoms with Crippen molar-refractivity contribution in [3.63, 3.8) is 0 Å². The lowest BCUT2D eigenvalue weighted by Crippen LogP contribution is -2.26. The van der Waals surface area contributed by atoms with E-state index in [-0.39, 0.29) is 46.5 Å². The molecule has 0 spiro atoms. The summed E-state index contributed by atoms with van der Waals surface area (Å²) < 4.78 is 75.2. The zero-order valence-electron chi connectivity index (χ0n) is 22.8. The van der Waals surface area contributed by atoms with Crippen molar-refractivity contribution >= 4 is 42.9 Å². The summed E-state index contributed by atoms with van der Waals surface area (Å²) in [6, 6.07) is 13.7. The topological polar surface area (TPSA) is 147 Å². The van der Waals surface area contributed by atoms with Crippen LogP contribution in [0.2, 0.25) is 0 Å². The molecule has 2 aromatic heterocycles. The molecule has 2 aromatic carbocycles. The monoisotopic (exact) mass is 602 g/mol.